The Balaban J connectivity index is 2.16. The van der Waals surface area contributed by atoms with E-state index >= 15 is 0 Å². The van der Waals surface area contributed by atoms with Crippen LogP contribution in [0.2, 0.25) is 0 Å². The van der Waals surface area contributed by atoms with Gasteiger partial charge in [-0.05, 0) is 25.9 Å². The minimum atomic E-state index is -0.486. The fourth-order valence-corrected chi connectivity index (χ4v) is 3.14. The van der Waals surface area contributed by atoms with E-state index in [0.29, 0.717) is 10.6 Å². The molecule has 0 aromatic carbocycles. The molecule has 6 nitrogen and oxygen atoms in total. The zero-order valence-corrected chi connectivity index (χ0v) is 12.2. The highest BCUT2D eigenvalue weighted by molar-refractivity contribution is 7.12. The van der Waals surface area contributed by atoms with Gasteiger partial charge in [0.1, 0.15) is 5.75 Å². The maximum atomic E-state index is 12.6. The molecule has 1 fully saturated rings. The van der Waals surface area contributed by atoms with Gasteiger partial charge in [0, 0.05) is 17.5 Å². The quantitative estimate of drug-likeness (QED) is 0.826. The lowest BCUT2D eigenvalue weighted by molar-refractivity contribution is -0.119. The van der Waals surface area contributed by atoms with Crippen molar-refractivity contribution in [3.63, 3.8) is 0 Å². The smallest absolute Gasteiger partial charge is 0.264 e. The molecule has 20 heavy (non-hydrogen) atoms. The van der Waals surface area contributed by atoms with E-state index in [1.54, 1.807) is 23.5 Å². The van der Waals surface area contributed by atoms with Gasteiger partial charge in [-0.1, -0.05) is 0 Å². The van der Waals surface area contributed by atoms with E-state index < -0.39 is 5.91 Å². The first kappa shape index (κ1) is 14.8. The highest BCUT2D eigenvalue weighted by Gasteiger charge is 2.28. The number of thiophene rings is 1. The van der Waals surface area contributed by atoms with Gasteiger partial charge in [-0.3, -0.25) is 9.59 Å². The second-order valence-corrected chi connectivity index (χ2v) is 5.64. The average molecular weight is 297 g/mol. The van der Waals surface area contributed by atoms with Crippen LogP contribution in [0.4, 0.5) is 0 Å². The van der Waals surface area contributed by atoms with Crippen LogP contribution in [0.25, 0.3) is 0 Å². The van der Waals surface area contributed by atoms with E-state index in [2.05, 4.69) is 5.32 Å². The van der Waals surface area contributed by atoms with Gasteiger partial charge in [0.25, 0.3) is 5.91 Å². The molecule has 2 heterocycles. The predicted octanol–water partition coefficient (Wildman–Crippen LogP) is 0.436. The van der Waals surface area contributed by atoms with E-state index in [-0.39, 0.29) is 18.5 Å². The molecule has 1 saturated heterocycles. The van der Waals surface area contributed by atoms with Crippen molar-refractivity contribution in [1.82, 2.24) is 10.2 Å². The fraction of sp³-hybridized carbons (Fsp3) is 0.538. The molecule has 0 aliphatic carbocycles. The number of primary amides is 1. The average Bonchev–Trinajstić information content (AvgIpc) is 2.94. The van der Waals surface area contributed by atoms with Crippen LogP contribution in [0.3, 0.4) is 0 Å². The van der Waals surface area contributed by atoms with E-state index in [0.717, 1.165) is 25.9 Å². The molecule has 3 N–H and O–H groups in total. The van der Waals surface area contributed by atoms with Gasteiger partial charge in [-0.2, -0.15) is 0 Å². The van der Waals surface area contributed by atoms with Gasteiger partial charge >= 0.3 is 0 Å². The highest BCUT2D eigenvalue weighted by atomic mass is 32.1. The van der Waals surface area contributed by atoms with Crippen LogP contribution in [0, 0.1) is 0 Å². The van der Waals surface area contributed by atoms with Crippen LogP contribution < -0.4 is 15.8 Å². The number of ether oxygens (including phenoxy) is 1. The van der Waals surface area contributed by atoms with Gasteiger partial charge in [0.2, 0.25) is 5.91 Å². The molecule has 0 bridgehead atoms. The summed E-state index contributed by atoms with van der Waals surface area (Å²) in [7, 11) is 1.56. The monoisotopic (exact) mass is 297 g/mol. The molecule has 0 unspecified atom stereocenters. The highest BCUT2D eigenvalue weighted by Crippen LogP contribution is 2.24. The Bertz CT molecular complexity index is 483. The number of piperidine rings is 1. The lowest BCUT2D eigenvalue weighted by Crippen LogP contribution is -2.49. The number of methoxy groups -OCH3 is 1. The predicted molar refractivity (Wildman–Crippen MR) is 77.0 cm³/mol. The minimum Gasteiger partial charge on any atom is -0.496 e. The summed E-state index contributed by atoms with van der Waals surface area (Å²) < 4.78 is 5.09. The summed E-state index contributed by atoms with van der Waals surface area (Å²) in [5.74, 6) is 0.0205. The molecule has 0 atom stereocenters. The first-order valence-corrected chi connectivity index (χ1v) is 7.42. The molecule has 7 heteroatoms. The molecule has 0 radical (unpaired) electrons. The molecular weight excluding hydrogens is 278 g/mol. The molecule has 0 spiro atoms. The summed E-state index contributed by atoms with van der Waals surface area (Å²) in [4.78, 5) is 26.0. The zero-order chi connectivity index (χ0) is 14.5. The number of nitrogens with two attached hydrogens (primary N) is 1. The summed E-state index contributed by atoms with van der Waals surface area (Å²) in [6, 6.07) is 1.76. The molecule has 110 valence electrons. The number of nitrogens with one attached hydrogen (secondary N) is 1. The van der Waals surface area contributed by atoms with Crippen molar-refractivity contribution in [1.29, 1.82) is 0 Å². The topological polar surface area (TPSA) is 84.7 Å². The van der Waals surface area contributed by atoms with Gasteiger partial charge in [-0.25, -0.2) is 0 Å². The van der Waals surface area contributed by atoms with Gasteiger partial charge in [0.15, 0.2) is 0 Å². The standard InChI is InChI=1S/C13H19N3O3S/c1-19-10-6-11(20-8-10)13(18)16(7-12(14)17)9-2-4-15-5-3-9/h6,8-9,15H,2-5,7H2,1H3,(H2,14,17). The van der Waals surface area contributed by atoms with E-state index in [1.807, 2.05) is 0 Å². The second-order valence-electron chi connectivity index (χ2n) is 4.73. The molecule has 2 rings (SSSR count). The SMILES string of the molecule is COc1csc(C(=O)N(CC(N)=O)C2CCNCC2)c1. The number of rotatable bonds is 5. The van der Waals surface area contributed by atoms with Gasteiger partial charge in [-0.15, -0.1) is 11.3 Å². The van der Waals surface area contributed by atoms with Crippen LogP contribution in [0.15, 0.2) is 11.4 Å². The molecule has 1 aromatic heterocycles. The van der Waals surface area contributed by atoms with Crippen molar-refractivity contribution >= 4 is 23.2 Å². The third-order valence-electron chi connectivity index (χ3n) is 3.36. The summed E-state index contributed by atoms with van der Waals surface area (Å²) in [6.45, 7) is 1.66. The Morgan fingerprint density at radius 2 is 2.20 bits per heavy atom. The van der Waals surface area contributed by atoms with E-state index in [9.17, 15) is 9.59 Å². The molecule has 2 amide bonds. The fourth-order valence-electron chi connectivity index (χ4n) is 2.33. The van der Waals surface area contributed by atoms with Crippen LogP contribution >= 0.6 is 11.3 Å². The van der Waals surface area contributed by atoms with Crippen molar-refractivity contribution in [2.45, 2.75) is 18.9 Å². The van der Waals surface area contributed by atoms with Crippen LogP contribution in [-0.4, -0.2) is 49.5 Å². The first-order valence-electron chi connectivity index (χ1n) is 6.54. The molecule has 0 saturated carbocycles. The lowest BCUT2D eigenvalue weighted by Gasteiger charge is -2.33. The largest absolute Gasteiger partial charge is 0.496 e. The van der Waals surface area contributed by atoms with Crippen LogP contribution in [0.1, 0.15) is 22.5 Å². The first-order chi connectivity index (χ1) is 9.61. The summed E-state index contributed by atoms with van der Waals surface area (Å²) in [6.07, 6.45) is 1.67. The number of nitrogens with zero attached hydrogens (tertiary/aromatic N) is 1. The van der Waals surface area contributed by atoms with Crippen molar-refractivity contribution in [2.24, 2.45) is 5.73 Å². The number of amides is 2. The Hall–Kier alpha value is -1.60. The van der Waals surface area contributed by atoms with Crippen LogP contribution in [0.5, 0.6) is 5.75 Å². The van der Waals surface area contributed by atoms with Crippen molar-refractivity contribution in [3.05, 3.63) is 16.3 Å². The number of carbonyl (C=O) groups excluding carboxylic acids is 2. The zero-order valence-electron chi connectivity index (χ0n) is 11.4. The molecule has 1 aliphatic rings. The Kier molecular flexibility index (Phi) is 4.97. The normalized spacial score (nSPS) is 15.8. The van der Waals surface area contributed by atoms with Crippen molar-refractivity contribution < 1.29 is 14.3 Å². The number of hydrogen-bond donors (Lipinski definition) is 2. The molecule has 1 aliphatic heterocycles. The van der Waals surface area contributed by atoms with E-state index in [1.165, 1.54) is 11.3 Å². The maximum Gasteiger partial charge on any atom is 0.264 e. The Labute approximate surface area is 121 Å². The van der Waals surface area contributed by atoms with Crippen molar-refractivity contribution in [2.75, 3.05) is 26.7 Å². The van der Waals surface area contributed by atoms with E-state index in [4.69, 9.17) is 10.5 Å². The minimum absolute atomic E-state index is 0.0380. The lowest BCUT2D eigenvalue weighted by atomic mass is 10.0. The maximum absolute atomic E-state index is 12.6. The van der Waals surface area contributed by atoms with Crippen LogP contribution in [-0.2, 0) is 4.79 Å². The Morgan fingerprint density at radius 1 is 1.50 bits per heavy atom. The third kappa shape index (κ3) is 3.49. The summed E-state index contributed by atoms with van der Waals surface area (Å²) >= 11 is 1.32. The number of carbonyl (C=O) groups is 2. The molecule has 1 aromatic rings. The third-order valence-corrected chi connectivity index (χ3v) is 4.25. The van der Waals surface area contributed by atoms with Crippen molar-refractivity contribution in [3.8, 4) is 5.75 Å². The molecular formula is C13H19N3O3S. The second kappa shape index (κ2) is 6.71. The van der Waals surface area contributed by atoms with Gasteiger partial charge in [0.05, 0.1) is 18.5 Å². The summed E-state index contributed by atoms with van der Waals surface area (Å²) in [5.41, 5.74) is 5.28. The van der Waals surface area contributed by atoms with Gasteiger partial charge < -0.3 is 20.7 Å². The Morgan fingerprint density at radius 3 is 2.75 bits per heavy atom. The summed E-state index contributed by atoms with van der Waals surface area (Å²) in [5, 5.41) is 5.02. The number of hydrogen-bond acceptors (Lipinski definition) is 5.